The van der Waals surface area contributed by atoms with Gasteiger partial charge in [0.25, 0.3) is 5.91 Å². The Labute approximate surface area is 165 Å². The van der Waals surface area contributed by atoms with Crippen molar-refractivity contribution in [3.63, 3.8) is 0 Å². The SMILES string of the molecule is O=C(c1ccccn1)N1CCN([C@H]2CCCN(Cc3ccccc3)C2=O)CC1. The molecule has 0 aliphatic carbocycles. The molecular formula is C22H26N4O2. The van der Waals surface area contributed by atoms with Gasteiger partial charge in [-0.3, -0.25) is 19.5 Å². The van der Waals surface area contributed by atoms with E-state index < -0.39 is 0 Å². The summed E-state index contributed by atoms with van der Waals surface area (Å²) < 4.78 is 0. The van der Waals surface area contributed by atoms with E-state index in [-0.39, 0.29) is 17.9 Å². The number of piperidine rings is 1. The minimum Gasteiger partial charge on any atom is -0.337 e. The Morgan fingerprint density at radius 3 is 2.43 bits per heavy atom. The first-order valence-corrected chi connectivity index (χ1v) is 9.99. The van der Waals surface area contributed by atoms with Gasteiger partial charge in [0.1, 0.15) is 5.69 Å². The fourth-order valence-electron chi connectivity index (χ4n) is 4.11. The van der Waals surface area contributed by atoms with Gasteiger partial charge in [0.2, 0.25) is 5.91 Å². The molecule has 0 saturated carbocycles. The largest absolute Gasteiger partial charge is 0.337 e. The zero-order valence-corrected chi connectivity index (χ0v) is 16.0. The van der Waals surface area contributed by atoms with Crippen LogP contribution in [-0.2, 0) is 11.3 Å². The predicted molar refractivity (Wildman–Crippen MR) is 107 cm³/mol. The van der Waals surface area contributed by atoms with Crippen molar-refractivity contribution in [2.24, 2.45) is 0 Å². The van der Waals surface area contributed by atoms with Crippen LogP contribution in [0.3, 0.4) is 0 Å². The number of hydrogen-bond acceptors (Lipinski definition) is 4. The van der Waals surface area contributed by atoms with Crippen LogP contribution in [0.15, 0.2) is 54.7 Å². The number of likely N-dealkylation sites (tertiary alicyclic amines) is 1. The quantitative estimate of drug-likeness (QED) is 0.817. The summed E-state index contributed by atoms with van der Waals surface area (Å²) in [5.41, 5.74) is 1.65. The van der Waals surface area contributed by atoms with E-state index in [4.69, 9.17) is 0 Å². The van der Waals surface area contributed by atoms with Crippen LogP contribution >= 0.6 is 0 Å². The monoisotopic (exact) mass is 378 g/mol. The second-order valence-electron chi connectivity index (χ2n) is 7.45. The number of carbonyl (C=O) groups is 2. The van der Waals surface area contributed by atoms with Crippen LogP contribution in [-0.4, -0.2) is 70.3 Å². The van der Waals surface area contributed by atoms with Gasteiger partial charge in [-0.1, -0.05) is 36.4 Å². The minimum atomic E-state index is -0.0652. The fraction of sp³-hybridized carbons (Fsp3) is 0.409. The summed E-state index contributed by atoms with van der Waals surface area (Å²) in [6.07, 6.45) is 3.57. The Morgan fingerprint density at radius 1 is 0.964 bits per heavy atom. The molecule has 0 radical (unpaired) electrons. The van der Waals surface area contributed by atoms with Crippen LogP contribution in [0, 0.1) is 0 Å². The zero-order chi connectivity index (χ0) is 19.3. The molecule has 1 atom stereocenters. The van der Waals surface area contributed by atoms with Crippen LogP contribution in [0.25, 0.3) is 0 Å². The first-order valence-electron chi connectivity index (χ1n) is 9.99. The van der Waals surface area contributed by atoms with E-state index in [0.717, 1.165) is 32.5 Å². The summed E-state index contributed by atoms with van der Waals surface area (Å²) in [7, 11) is 0. The molecule has 2 amide bonds. The molecule has 4 rings (SSSR count). The predicted octanol–water partition coefficient (Wildman–Crippen LogP) is 2.03. The maximum Gasteiger partial charge on any atom is 0.272 e. The van der Waals surface area contributed by atoms with E-state index in [0.29, 0.717) is 25.3 Å². The Balaban J connectivity index is 1.35. The van der Waals surface area contributed by atoms with Crippen LogP contribution in [0.5, 0.6) is 0 Å². The van der Waals surface area contributed by atoms with Crippen LogP contribution in [0.4, 0.5) is 0 Å². The number of pyridine rings is 1. The van der Waals surface area contributed by atoms with E-state index in [2.05, 4.69) is 22.0 Å². The third kappa shape index (κ3) is 4.07. The lowest BCUT2D eigenvalue weighted by Crippen LogP contribution is -2.58. The molecular weight excluding hydrogens is 352 g/mol. The van der Waals surface area contributed by atoms with Crippen molar-refractivity contribution in [3.05, 3.63) is 66.0 Å². The molecule has 0 unspecified atom stereocenters. The average Bonchev–Trinajstić information content (AvgIpc) is 2.76. The molecule has 28 heavy (non-hydrogen) atoms. The summed E-state index contributed by atoms with van der Waals surface area (Å²) in [4.78, 5) is 35.9. The Kier molecular flexibility index (Phi) is 5.67. The number of rotatable bonds is 4. The number of aromatic nitrogens is 1. The molecule has 3 heterocycles. The maximum atomic E-state index is 13.1. The number of benzene rings is 1. The zero-order valence-electron chi connectivity index (χ0n) is 16.0. The Hall–Kier alpha value is -2.73. The van der Waals surface area contributed by atoms with Gasteiger partial charge in [0.05, 0.1) is 6.04 Å². The van der Waals surface area contributed by atoms with Gasteiger partial charge in [-0.25, -0.2) is 0 Å². The third-order valence-electron chi connectivity index (χ3n) is 5.64. The van der Waals surface area contributed by atoms with E-state index in [1.165, 1.54) is 5.56 Å². The van der Waals surface area contributed by atoms with E-state index >= 15 is 0 Å². The Bertz CT molecular complexity index is 804. The smallest absolute Gasteiger partial charge is 0.272 e. The lowest BCUT2D eigenvalue weighted by Gasteiger charge is -2.42. The fourth-order valence-corrected chi connectivity index (χ4v) is 4.11. The molecule has 0 spiro atoms. The van der Waals surface area contributed by atoms with Crippen molar-refractivity contribution < 1.29 is 9.59 Å². The summed E-state index contributed by atoms with van der Waals surface area (Å²) in [6.45, 7) is 4.23. The van der Waals surface area contributed by atoms with Gasteiger partial charge < -0.3 is 9.80 Å². The summed E-state index contributed by atoms with van der Waals surface area (Å²) >= 11 is 0. The molecule has 146 valence electrons. The van der Waals surface area contributed by atoms with E-state index in [9.17, 15) is 9.59 Å². The lowest BCUT2D eigenvalue weighted by atomic mass is 10.0. The molecule has 2 aliphatic rings. The van der Waals surface area contributed by atoms with Gasteiger partial charge in [0, 0.05) is 45.5 Å². The molecule has 1 aromatic carbocycles. The van der Waals surface area contributed by atoms with E-state index in [1.807, 2.05) is 40.1 Å². The highest BCUT2D eigenvalue weighted by Crippen LogP contribution is 2.21. The third-order valence-corrected chi connectivity index (χ3v) is 5.64. The van der Waals surface area contributed by atoms with E-state index in [1.54, 1.807) is 12.3 Å². The molecule has 0 bridgehead atoms. The highest BCUT2D eigenvalue weighted by molar-refractivity contribution is 5.92. The van der Waals surface area contributed by atoms with Gasteiger partial charge >= 0.3 is 0 Å². The molecule has 2 aromatic rings. The molecule has 6 heteroatoms. The number of amides is 2. The van der Waals surface area contributed by atoms with Crippen LogP contribution < -0.4 is 0 Å². The second kappa shape index (κ2) is 8.52. The minimum absolute atomic E-state index is 0.0269. The van der Waals surface area contributed by atoms with Crippen molar-refractivity contribution >= 4 is 11.8 Å². The van der Waals surface area contributed by atoms with Crippen molar-refractivity contribution in [2.45, 2.75) is 25.4 Å². The molecule has 2 aliphatic heterocycles. The average molecular weight is 378 g/mol. The summed E-state index contributed by atoms with van der Waals surface area (Å²) in [6, 6.07) is 15.5. The van der Waals surface area contributed by atoms with Gasteiger partial charge in [-0.05, 0) is 30.5 Å². The van der Waals surface area contributed by atoms with Crippen LogP contribution in [0.1, 0.15) is 28.9 Å². The highest BCUT2D eigenvalue weighted by atomic mass is 16.2. The standard InChI is InChI=1S/C22H26N4O2/c27-21(19-9-4-5-11-23-19)25-15-13-24(14-16-25)20-10-6-12-26(22(20)28)17-18-7-2-1-3-8-18/h1-5,7-9,11,20H,6,10,12-17H2/t20-/m0/s1. The number of nitrogens with zero attached hydrogens (tertiary/aromatic N) is 4. The number of carbonyl (C=O) groups excluding carboxylic acids is 2. The van der Waals surface area contributed by atoms with Gasteiger partial charge in [-0.2, -0.15) is 0 Å². The first-order chi connectivity index (χ1) is 13.7. The van der Waals surface area contributed by atoms with Gasteiger partial charge in [-0.15, -0.1) is 0 Å². The lowest BCUT2D eigenvalue weighted by molar-refractivity contribution is -0.141. The topological polar surface area (TPSA) is 56.8 Å². The molecule has 2 saturated heterocycles. The molecule has 0 N–H and O–H groups in total. The van der Waals surface area contributed by atoms with Crippen molar-refractivity contribution in [1.29, 1.82) is 0 Å². The van der Waals surface area contributed by atoms with Crippen molar-refractivity contribution in [3.8, 4) is 0 Å². The number of hydrogen-bond donors (Lipinski definition) is 0. The van der Waals surface area contributed by atoms with Gasteiger partial charge in [0.15, 0.2) is 0 Å². The second-order valence-corrected chi connectivity index (χ2v) is 7.45. The molecule has 2 fully saturated rings. The maximum absolute atomic E-state index is 13.1. The first kappa shape index (κ1) is 18.6. The van der Waals surface area contributed by atoms with Crippen LogP contribution in [0.2, 0.25) is 0 Å². The van der Waals surface area contributed by atoms with Crippen molar-refractivity contribution in [2.75, 3.05) is 32.7 Å². The normalized spacial score (nSPS) is 21.0. The molecule has 6 nitrogen and oxygen atoms in total. The van der Waals surface area contributed by atoms with Crippen molar-refractivity contribution in [1.82, 2.24) is 19.7 Å². The summed E-state index contributed by atoms with van der Waals surface area (Å²) in [5.74, 6) is 0.195. The highest BCUT2D eigenvalue weighted by Gasteiger charge is 2.35. The number of piperazine rings is 1. The molecule has 1 aromatic heterocycles. The summed E-state index contributed by atoms with van der Waals surface area (Å²) in [5, 5.41) is 0. The Morgan fingerprint density at radius 2 is 1.71 bits per heavy atom.